The van der Waals surface area contributed by atoms with Gasteiger partial charge in [0.05, 0.1) is 12.4 Å². The molecule has 0 spiro atoms. The van der Waals surface area contributed by atoms with Crippen molar-refractivity contribution in [3.05, 3.63) is 0 Å². The van der Waals surface area contributed by atoms with Crippen molar-refractivity contribution in [2.45, 2.75) is 6.92 Å². The second-order valence-electron chi connectivity index (χ2n) is 2.29. The molecule has 3 nitrogen and oxygen atoms in total. The Morgan fingerprint density at radius 3 is 3.00 bits per heavy atom. The minimum Gasteiger partial charge on any atom is -0.465 e. The van der Waals surface area contributed by atoms with Crippen molar-refractivity contribution in [3.8, 4) is 0 Å². The van der Waals surface area contributed by atoms with Gasteiger partial charge in [0.25, 0.3) is 0 Å². The van der Waals surface area contributed by atoms with Crippen molar-refractivity contribution in [2.75, 3.05) is 18.1 Å². The lowest BCUT2D eigenvalue weighted by molar-refractivity contribution is -0.149. The van der Waals surface area contributed by atoms with Gasteiger partial charge in [0.15, 0.2) is 5.78 Å². The molecule has 11 heavy (non-hydrogen) atoms. The van der Waals surface area contributed by atoms with E-state index >= 15 is 0 Å². The minimum atomic E-state index is -0.486. The molecule has 0 N–H and O–H groups in total. The van der Waals surface area contributed by atoms with Crippen LogP contribution in [0, 0.1) is 5.92 Å². The highest BCUT2D eigenvalue weighted by Crippen LogP contribution is 2.21. The Balaban J connectivity index is 2.46. The molecule has 0 aromatic rings. The molecule has 0 aliphatic carbocycles. The van der Waals surface area contributed by atoms with Crippen LogP contribution in [0.1, 0.15) is 6.92 Å². The molecular weight excluding hydrogens is 164 g/mol. The molecule has 1 aliphatic rings. The van der Waals surface area contributed by atoms with Crippen LogP contribution in [0.2, 0.25) is 0 Å². The van der Waals surface area contributed by atoms with Crippen LogP contribution in [0.25, 0.3) is 0 Å². The standard InChI is InChI=1S/C7H10O3S/c1-2-10-7(9)5-3-11-4-6(5)8/h5H,2-4H2,1H3. The largest absolute Gasteiger partial charge is 0.465 e. The number of thioether (sulfide) groups is 1. The zero-order valence-corrected chi connectivity index (χ0v) is 7.15. The Kier molecular flexibility index (Phi) is 2.93. The molecule has 1 fully saturated rings. The summed E-state index contributed by atoms with van der Waals surface area (Å²) >= 11 is 1.49. The van der Waals surface area contributed by atoms with Gasteiger partial charge >= 0.3 is 5.97 Å². The van der Waals surface area contributed by atoms with E-state index in [1.165, 1.54) is 11.8 Å². The predicted molar refractivity (Wildman–Crippen MR) is 42.5 cm³/mol. The second-order valence-corrected chi connectivity index (χ2v) is 3.32. The molecule has 1 unspecified atom stereocenters. The molecule has 1 atom stereocenters. The number of Topliss-reactive ketones (excluding diaryl/α,β-unsaturated/α-hetero) is 1. The molecule has 4 heteroatoms. The smallest absolute Gasteiger partial charge is 0.317 e. The summed E-state index contributed by atoms with van der Waals surface area (Å²) in [4.78, 5) is 22.0. The van der Waals surface area contributed by atoms with Crippen molar-refractivity contribution in [1.29, 1.82) is 0 Å². The highest BCUT2D eigenvalue weighted by molar-refractivity contribution is 8.00. The van der Waals surface area contributed by atoms with Gasteiger partial charge in [-0.05, 0) is 6.92 Å². The summed E-state index contributed by atoms with van der Waals surface area (Å²) in [6.07, 6.45) is 0. The summed E-state index contributed by atoms with van der Waals surface area (Å²) in [6, 6.07) is 0. The quantitative estimate of drug-likeness (QED) is 0.451. The summed E-state index contributed by atoms with van der Waals surface area (Å²) in [7, 11) is 0. The highest BCUT2D eigenvalue weighted by Gasteiger charge is 2.32. The van der Waals surface area contributed by atoms with E-state index in [4.69, 9.17) is 4.74 Å². The average molecular weight is 174 g/mol. The number of carbonyl (C=O) groups excluding carboxylic acids is 2. The lowest BCUT2D eigenvalue weighted by Gasteiger charge is -2.04. The van der Waals surface area contributed by atoms with Crippen LogP contribution in [0.15, 0.2) is 0 Å². The zero-order valence-electron chi connectivity index (χ0n) is 6.33. The molecule has 0 amide bonds. The molecule has 0 aromatic heterocycles. The Morgan fingerprint density at radius 1 is 1.82 bits per heavy atom. The summed E-state index contributed by atoms with van der Waals surface area (Å²) in [5.41, 5.74) is 0. The van der Waals surface area contributed by atoms with E-state index in [2.05, 4.69) is 0 Å². The maximum absolute atomic E-state index is 11.0. The third-order valence-corrected chi connectivity index (χ3v) is 2.55. The van der Waals surface area contributed by atoms with Gasteiger partial charge < -0.3 is 4.74 Å². The van der Waals surface area contributed by atoms with Crippen LogP contribution in [0.3, 0.4) is 0 Å². The van der Waals surface area contributed by atoms with E-state index in [0.717, 1.165) is 0 Å². The van der Waals surface area contributed by atoms with Crippen molar-refractivity contribution in [2.24, 2.45) is 5.92 Å². The summed E-state index contributed by atoms with van der Waals surface area (Å²) in [5, 5.41) is 0. The molecule has 1 rings (SSSR count). The maximum Gasteiger partial charge on any atom is 0.317 e. The Bertz CT molecular complexity index is 179. The van der Waals surface area contributed by atoms with Gasteiger partial charge in [0.1, 0.15) is 5.92 Å². The Labute approximate surface area is 69.5 Å². The number of carbonyl (C=O) groups is 2. The monoisotopic (exact) mass is 174 g/mol. The third kappa shape index (κ3) is 1.96. The summed E-state index contributed by atoms with van der Waals surface area (Å²) < 4.78 is 4.72. The first-order valence-corrected chi connectivity index (χ1v) is 4.68. The number of esters is 1. The number of hydrogen-bond acceptors (Lipinski definition) is 4. The van der Waals surface area contributed by atoms with Crippen LogP contribution in [-0.2, 0) is 14.3 Å². The van der Waals surface area contributed by atoms with Gasteiger partial charge in [-0.1, -0.05) is 0 Å². The van der Waals surface area contributed by atoms with Crippen LogP contribution < -0.4 is 0 Å². The number of hydrogen-bond donors (Lipinski definition) is 0. The molecule has 0 saturated carbocycles. The molecule has 0 bridgehead atoms. The van der Waals surface area contributed by atoms with Gasteiger partial charge in [0.2, 0.25) is 0 Å². The maximum atomic E-state index is 11.0. The van der Waals surface area contributed by atoms with Crippen molar-refractivity contribution in [1.82, 2.24) is 0 Å². The van der Waals surface area contributed by atoms with E-state index in [0.29, 0.717) is 18.1 Å². The fourth-order valence-electron chi connectivity index (χ4n) is 0.913. The number of rotatable bonds is 2. The SMILES string of the molecule is CCOC(=O)C1CSCC1=O. The van der Waals surface area contributed by atoms with Gasteiger partial charge in [-0.3, -0.25) is 9.59 Å². The van der Waals surface area contributed by atoms with Gasteiger partial charge in [-0.2, -0.15) is 11.8 Å². The normalized spacial score (nSPS) is 23.7. The van der Waals surface area contributed by atoms with E-state index in [9.17, 15) is 9.59 Å². The molecular formula is C7H10O3S. The Morgan fingerprint density at radius 2 is 2.55 bits per heavy atom. The molecule has 0 aromatic carbocycles. The van der Waals surface area contributed by atoms with E-state index in [1.54, 1.807) is 6.92 Å². The van der Waals surface area contributed by atoms with Gasteiger partial charge in [-0.25, -0.2) is 0 Å². The first-order chi connectivity index (χ1) is 5.25. The van der Waals surface area contributed by atoms with Gasteiger partial charge in [0, 0.05) is 5.75 Å². The molecule has 1 heterocycles. The highest BCUT2D eigenvalue weighted by atomic mass is 32.2. The molecule has 0 radical (unpaired) electrons. The molecule has 62 valence electrons. The van der Waals surface area contributed by atoms with Crippen LogP contribution >= 0.6 is 11.8 Å². The zero-order chi connectivity index (χ0) is 8.27. The fraction of sp³-hybridized carbons (Fsp3) is 0.714. The fourth-order valence-corrected chi connectivity index (χ4v) is 1.99. The van der Waals surface area contributed by atoms with Crippen molar-refractivity contribution < 1.29 is 14.3 Å². The van der Waals surface area contributed by atoms with Crippen molar-refractivity contribution >= 4 is 23.5 Å². The number of ether oxygens (including phenoxy) is 1. The minimum absolute atomic E-state index is 0.00782. The van der Waals surface area contributed by atoms with E-state index in [1.807, 2.05) is 0 Å². The summed E-state index contributed by atoms with van der Waals surface area (Å²) in [5.74, 6) is 0.220. The predicted octanol–water partition coefficient (Wildman–Crippen LogP) is 0.482. The lowest BCUT2D eigenvalue weighted by Crippen LogP contribution is -2.24. The van der Waals surface area contributed by atoms with Crippen LogP contribution in [0.5, 0.6) is 0 Å². The van der Waals surface area contributed by atoms with Gasteiger partial charge in [-0.15, -0.1) is 0 Å². The van der Waals surface area contributed by atoms with Crippen LogP contribution in [0.4, 0.5) is 0 Å². The summed E-state index contributed by atoms with van der Waals surface area (Å²) in [6.45, 7) is 2.09. The first kappa shape index (κ1) is 8.59. The first-order valence-electron chi connectivity index (χ1n) is 3.52. The second kappa shape index (κ2) is 3.76. The average Bonchev–Trinajstić information content (AvgIpc) is 2.36. The third-order valence-electron chi connectivity index (χ3n) is 1.49. The van der Waals surface area contributed by atoms with E-state index < -0.39 is 5.92 Å². The van der Waals surface area contributed by atoms with Crippen molar-refractivity contribution in [3.63, 3.8) is 0 Å². The van der Waals surface area contributed by atoms with E-state index in [-0.39, 0.29) is 11.8 Å². The lowest BCUT2D eigenvalue weighted by atomic mass is 10.1. The topological polar surface area (TPSA) is 43.4 Å². The van der Waals surface area contributed by atoms with Crippen LogP contribution in [-0.4, -0.2) is 29.9 Å². The Hall–Kier alpha value is -0.510. The molecule has 1 aliphatic heterocycles. The molecule has 1 saturated heterocycles. The number of ketones is 1.